The number of pyridine rings is 1. The second kappa shape index (κ2) is 6.95. The Hall–Kier alpha value is -1.50. The van der Waals surface area contributed by atoms with Crippen molar-refractivity contribution in [2.45, 2.75) is 37.1 Å². The number of sulfonamides is 1. The molecular formula is C17H23N3O2S. The first-order valence-electron chi connectivity index (χ1n) is 8.20. The molecule has 0 bridgehead atoms. The van der Waals surface area contributed by atoms with Crippen LogP contribution in [0.15, 0.2) is 41.6 Å². The Morgan fingerprint density at radius 3 is 2.78 bits per heavy atom. The van der Waals surface area contributed by atoms with Gasteiger partial charge in [-0.15, -0.1) is 0 Å². The Morgan fingerprint density at radius 2 is 2.04 bits per heavy atom. The van der Waals surface area contributed by atoms with E-state index in [0.717, 1.165) is 43.1 Å². The van der Waals surface area contributed by atoms with Crippen LogP contribution in [0.3, 0.4) is 0 Å². The maximum Gasteiger partial charge on any atom is 0.243 e. The van der Waals surface area contributed by atoms with Crippen LogP contribution in [0.2, 0.25) is 0 Å². The highest BCUT2D eigenvalue weighted by Gasteiger charge is 2.32. The maximum absolute atomic E-state index is 13.3. The SMILES string of the molecule is CCCN(C1CCNCC1)S(=O)(=O)c1cccc2cnccc12. The van der Waals surface area contributed by atoms with Crippen LogP contribution >= 0.6 is 0 Å². The minimum absolute atomic E-state index is 0.0818. The molecule has 0 spiro atoms. The lowest BCUT2D eigenvalue weighted by molar-refractivity contribution is 0.262. The molecular weight excluding hydrogens is 310 g/mol. The summed E-state index contributed by atoms with van der Waals surface area (Å²) in [5.74, 6) is 0. The number of rotatable bonds is 5. The highest BCUT2D eigenvalue weighted by Crippen LogP contribution is 2.28. The normalized spacial score (nSPS) is 17.0. The fraction of sp³-hybridized carbons (Fsp3) is 0.471. The summed E-state index contributed by atoms with van der Waals surface area (Å²) in [5.41, 5.74) is 0. The lowest BCUT2D eigenvalue weighted by Crippen LogP contribution is -2.46. The van der Waals surface area contributed by atoms with Crippen molar-refractivity contribution in [2.24, 2.45) is 0 Å². The fourth-order valence-corrected chi connectivity index (χ4v) is 5.25. The van der Waals surface area contributed by atoms with Gasteiger partial charge in [0, 0.05) is 35.8 Å². The molecule has 1 aromatic carbocycles. The maximum atomic E-state index is 13.3. The Bertz CT molecular complexity index is 765. The third-order valence-electron chi connectivity index (χ3n) is 4.39. The quantitative estimate of drug-likeness (QED) is 0.912. The van der Waals surface area contributed by atoms with Crippen LogP contribution in [0, 0.1) is 0 Å². The Morgan fingerprint density at radius 1 is 1.26 bits per heavy atom. The van der Waals surface area contributed by atoms with Crippen molar-refractivity contribution in [1.29, 1.82) is 0 Å². The predicted molar refractivity (Wildman–Crippen MR) is 91.8 cm³/mol. The summed E-state index contributed by atoms with van der Waals surface area (Å²) in [6, 6.07) is 7.27. The van der Waals surface area contributed by atoms with Gasteiger partial charge in [0.05, 0.1) is 4.90 Å². The topological polar surface area (TPSA) is 62.3 Å². The van der Waals surface area contributed by atoms with Gasteiger partial charge in [-0.3, -0.25) is 4.98 Å². The van der Waals surface area contributed by atoms with Crippen molar-refractivity contribution in [3.63, 3.8) is 0 Å². The first kappa shape index (κ1) is 16.4. The van der Waals surface area contributed by atoms with E-state index in [0.29, 0.717) is 11.4 Å². The third kappa shape index (κ3) is 3.24. The number of benzene rings is 1. The molecule has 0 atom stereocenters. The lowest BCUT2D eigenvalue weighted by Gasteiger charge is -2.33. The number of hydrogen-bond acceptors (Lipinski definition) is 4. The smallest absolute Gasteiger partial charge is 0.243 e. The second-order valence-electron chi connectivity index (χ2n) is 5.95. The zero-order chi connectivity index (χ0) is 16.3. The summed E-state index contributed by atoms with van der Waals surface area (Å²) in [6.07, 6.45) is 5.91. The highest BCUT2D eigenvalue weighted by molar-refractivity contribution is 7.89. The molecule has 1 aromatic heterocycles. The second-order valence-corrected chi connectivity index (χ2v) is 7.81. The summed E-state index contributed by atoms with van der Waals surface area (Å²) >= 11 is 0. The van der Waals surface area contributed by atoms with Crippen molar-refractivity contribution in [3.8, 4) is 0 Å². The number of piperidine rings is 1. The summed E-state index contributed by atoms with van der Waals surface area (Å²) in [7, 11) is -3.51. The van der Waals surface area contributed by atoms with E-state index in [1.165, 1.54) is 0 Å². The highest BCUT2D eigenvalue weighted by atomic mass is 32.2. The van der Waals surface area contributed by atoms with E-state index in [9.17, 15) is 8.42 Å². The number of fused-ring (bicyclic) bond motifs is 1. The predicted octanol–water partition coefficient (Wildman–Crippen LogP) is 2.39. The number of nitrogens with one attached hydrogen (secondary N) is 1. The van der Waals surface area contributed by atoms with Crippen molar-refractivity contribution in [1.82, 2.24) is 14.6 Å². The molecule has 0 aliphatic carbocycles. The largest absolute Gasteiger partial charge is 0.317 e. The lowest BCUT2D eigenvalue weighted by atomic mass is 10.1. The van der Waals surface area contributed by atoms with Crippen molar-refractivity contribution in [2.75, 3.05) is 19.6 Å². The van der Waals surface area contributed by atoms with Crippen LogP contribution in [0.4, 0.5) is 0 Å². The summed E-state index contributed by atoms with van der Waals surface area (Å²) < 4.78 is 28.4. The monoisotopic (exact) mass is 333 g/mol. The molecule has 3 rings (SSSR count). The molecule has 1 N–H and O–H groups in total. The first-order valence-corrected chi connectivity index (χ1v) is 9.64. The molecule has 0 saturated carbocycles. The average Bonchev–Trinajstić information content (AvgIpc) is 2.59. The molecule has 2 aromatic rings. The van der Waals surface area contributed by atoms with E-state index >= 15 is 0 Å². The Kier molecular flexibility index (Phi) is 4.94. The van der Waals surface area contributed by atoms with Crippen molar-refractivity contribution in [3.05, 3.63) is 36.7 Å². The van der Waals surface area contributed by atoms with Gasteiger partial charge in [0.25, 0.3) is 0 Å². The van der Waals surface area contributed by atoms with Gasteiger partial charge in [0.2, 0.25) is 10.0 Å². The van der Waals surface area contributed by atoms with E-state index in [4.69, 9.17) is 0 Å². The summed E-state index contributed by atoms with van der Waals surface area (Å²) in [6.45, 7) is 4.34. The molecule has 1 saturated heterocycles. The molecule has 23 heavy (non-hydrogen) atoms. The van der Waals surface area contributed by atoms with Crippen LogP contribution in [0.25, 0.3) is 10.8 Å². The standard InChI is InChI=1S/C17H23N3O2S/c1-2-12-20(15-6-9-18-10-7-15)23(21,22)17-5-3-4-14-13-19-11-8-16(14)17/h3-5,8,11,13,15,18H,2,6-7,9-10,12H2,1H3. The van der Waals surface area contributed by atoms with Crippen LogP contribution in [-0.2, 0) is 10.0 Å². The van der Waals surface area contributed by atoms with Crippen molar-refractivity contribution >= 4 is 20.8 Å². The molecule has 0 amide bonds. The minimum Gasteiger partial charge on any atom is -0.317 e. The number of hydrogen-bond donors (Lipinski definition) is 1. The van der Waals surface area contributed by atoms with Gasteiger partial charge in [0.1, 0.15) is 0 Å². The number of aromatic nitrogens is 1. The Labute approximate surface area is 137 Å². The van der Waals surface area contributed by atoms with E-state index in [-0.39, 0.29) is 6.04 Å². The van der Waals surface area contributed by atoms with Crippen molar-refractivity contribution < 1.29 is 8.42 Å². The van der Waals surface area contributed by atoms with Gasteiger partial charge in [0.15, 0.2) is 0 Å². The molecule has 6 heteroatoms. The molecule has 0 radical (unpaired) electrons. The van der Waals surface area contributed by atoms with Gasteiger partial charge in [-0.1, -0.05) is 19.1 Å². The van der Waals surface area contributed by atoms with Gasteiger partial charge in [-0.25, -0.2) is 8.42 Å². The van der Waals surface area contributed by atoms with Crippen LogP contribution in [0.5, 0.6) is 0 Å². The van der Waals surface area contributed by atoms with E-state index in [2.05, 4.69) is 10.3 Å². The average molecular weight is 333 g/mol. The molecule has 0 unspecified atom stereocenters. The fourth-order valence-electron chi connectivity index (χ4n) is 3.26. The molecule has 1 aliphatic heterocycles. The van der Waals surface area contributed by atoms with Gasteiger partial charge in [-0.05, 0) is 44.5 Å². The summed E-state index contributed by atoms with van der Waals surface area (Å²) in [4.78, 5) is 4.48. The zero-order valence-electron chi connectivity index (χ0n) is 13.4. The van der Waals surface area contributed by atoms with Gasteiger partial charge >= 0.3 is 0 Å². The third-order valence-corrected chi connectivity index (χ3v) is 6.40. The van der Waals surface area contributed by atoms with E-state index < -0.39 is 10.0 Å². The van der Waals surface area contributed by atoms with Gasteiger partial charge in [-0.2, -0.15) is 4.31 Å². The molecule has 2 heterocycles. The molecule has 1 aliphatic rings. The molecule has 1 fully saturated rings. The van der Waals surface area contributed by atoms with E-state index in [1.54, 1.807) is 34.9 Å². The van der Waals surface area contributed by atoms with E-state index in [1.807, 2.05) is 13.0 Å². The summed E-state index contributed by atoms with van der Waals surface area (Å²) in [5, 5.41) is 4.91. The minimum atomic E-state index is -3.51. The number of nitrogens with zero attached hydrogens (tertiary/aromatic N) is 2. The Balaban J connectivity index is 2.06. The van der Waals surface area contributed by atoms with Gasteiger partial charge < -0.3 is 5.32 Å². The van der Waals surface area contributed by atoms with Crippen LogP contribution in [0.1, 0.15) is 26.2 Å². The zero-order valence-corrected chi connectivity index (χ0v) is 14.2. The molecule has 5 nitrogen and oxygen atoms in total. The first-order chi connectivity index (χ1) is 11.1. The molecule has 124 valence electrons. The van der Waals surface area contributed by atoms with Crippen LogP contribution < -0.4 is 5.32 Å². The van der Waals surface area contributed by atoms with Crippen LogP contribution in [-0.4, -0.2) is 43.4 Å².